The van der Waals surface area contributed by atoms with E-state index in [0.29, 0.717) is 11.0 Å². The first-order valence-electron chi connectivity index (χ1n) is 7.18. The van der Waals surface area contributed by atoms with Gasteiger partial charge in [-0.3, -0.25) is 0 Å². The van der Waals surface area contributed by atoms with Gasteiger partial charge in [0, 0.05) is 23.8 Å². The van der Waals surface area contributed by atoms with Crippen LogP contribution in [0.5, 0.6) is 0 Å². The highest BCUT2D eigenvalue weighted by Crippen LogP contribution is 2.25. The first-order chi connectivity index (χ1) is 9.01. The Bertz CT molecular complexity index is 429. The highest BCUT2D eigenvalue weighted by atomic mass is 32.1. The van der Waals surface area contributed by atoms with Crippen LogP contribution in [0, 0.1) is 6.92 Å². The minimum Gasteiger partial charge on any atom is -0.389 e. The number of aryl methyl sites for hydroxylation is 1. The maximum absolute atomic E-state index is 5.90. The minimum absolute atomic E-state index is 0.489. The summed E-state index contributed by atoms with van der Waals surface area (Å²) in [6.45, 7) is 9.84. The van der Waals surface area contributed by atoms with Crippen LogP contribution in [-0.4, -0.2) is 17.6 Å². The van der Waals surface area contributed by atoms with Gasteiger partial charge in [0.2, 0.25) is 0 Å². The number of hydrogen-bond donors (Lipinski definition) is 1. The zero-order valence-corrected chi connectivity index (χ0v) is 13.4. The van der Waals surface area contributed by atoms with Crippen LogP contribution in [0.4, 0.5) is 5.69 Å². The van der Waals surface area contributed by atoms with E-state index in [1.54, 1.807) is 0 Å². The van der Waals surface area contributed by atoms with E-state index in [2.05, 4.69) is 50.8 Å². The number of unbranched alkanes of at least 4 members (excludes halogenated alkanes) is 1. The van der Waals surface area contributed by atoms with Crippen LogP contribution in [0.1, 0.15) is 51.2 Å². The molecule has 2 N–H and O–H groups in total. The van der Waals surface area contributed by atoms with Gasteiger partial charge in [0.1, 0.15) is 4.99 Å². The Labute approximate surface area is 123 Å². The van der Waals surface area contributed by atoms with Crippen LogP contribution in [-0.2, 0) is 0 Å². The molecule has 0 saturated carbocycles. The van der Waals surface area contributed by atoms with Crippen molar-refractivity contribution < 1.29 is 0 Å². The summed E-state index contributed by atoms with van der Waals surface area (Å²) in [6.07, 6.45) is 3.50. The molecule has 0 amide bonds. The third-order valence-electron chi connectivity index (χ3n) is 3.60. The lowest BCUT2D eigenvalue weighted by Gasteiger charge is -2.32. The van der Waals surface area contributed by atoms with Gasteiger partial charge in [-0.15, -0.1) is 0 Å². The summed E-state index contributed by atoms with van der Waals surface area (Å²) in [5.74, 6) is 0. The normalized spacial score (nSPS) is 12.2. The van der Waals surface area contributed by atoms with Crippen molar-refractivity contribution in [3.8, 4) is 0 Å². The second-order valence-electron chi connectivity index (χ2n) is 5.19. The number of anilines is 1. The highest BCUT2D eigenvalue weighted by Gasteiger charge is 2.17. The van der Waals surface area contributed by atoms with E-state index in [1.807, 2.05) is 0 Å². The molecule has 2 nitrogen and oxygen atoms in total. The van der Waals surface area contributed by atoms with Crippen LogP contribution >= 0.6 is 12.2 Å². The molecule has 0 fully saturated rings. The molecule has 1 aromatic rings. The summed E-state index contributed by atoms with van der Waals surface area (Å²) < 4.78 is 0. The lowest BCUT2D eigenvalue weighted by atomic mass is 10.1. The topological polar surface area (TPSA) is 29.3 Å². The maximum Gasteiger partial charge on any atom is 0.106 e. The van der Waals surface area contributed by atoms with Gasteiger partial charge in [-0.25, -0.2) is 0 Å². The lowest BCUT2D eigenvalue weighted by molar-refractivity contribution is 0.595. The molecule has 1 rings (SSSR count). The van der Waals surface area contributed by atoms with Gasteiger partial charge < -0.3 is 10.6 Å². The number of nitrogens with zero attached hydrogens (tertiary/aromatic N) is 1. The van der Waals surface area contributed by atoms with Crippen LogP contribution < -0.4 is 10.6 Å². The van der Waals surface area contributed by atoms with E-state index in [1.165, 1.54) is 24.1 Å². The van der Waals surface area contributed by atoms with E-state index < -0.39 is 0 Å². The fourth-order valence-corrected chi connectivity index (χ4v) is 2.39. The third-order valence-corrected chi connectivity index (χ3v) is 3.82. The molecular weight excluding hydrogens is 252 g/mol. The molecule has 106 valence electrons. The van der Waals surface area contributed by atoms with Crippen LogP contribution in [0.15, 0.2) is 18.2 Å². The van der Waals surface area contributed by atoms with Gasteiger partial charge in [-0.2, -0.15) is 0 Å². The van der Waals surface area contributed by atoms with Crippen LogP contribution in [0.2, 0.25) is 0 Å². The van der Waals surface area contributed by atoms with E-state index in [9.17, 15) is 0 Å². The molecule has 0 spiro atoms. The van der Waals surface area contributed by atoms with Gasteiger partial charge in [0.05, 0.1) is 0 Å². The van der Waals surface area contributed by atoms with Crippen LogP contribution in [0.3, 0.4) is 0 Å². The molecule has 0 radical (unpaired) electrons. The van der Waals surface area contributed by atoms with Gasteiger partial charge >= 0.3 is 0 Å². The predicted molar refractivity (Wildman–Crippen MR) is 89.1 cm³/mol. The molecule has 0 heterocycles. The molecule has 1 aromatic carbocycles. The average molecular weight is 278 g/mol. The molecule has 0 aliphatic carbocycles. The fourth-order valence-electron chi connectivity index (χ4n) is 2.22. The molecule has 0 aliphatic rings. The first-order valence-corrected chi connectivity index (χ1v) is 7.59. The monoisotopic (exact) mass is 278 g/mol. The van der Waals surface area contributed by atoms with Crippen molar-refractivity contribution in [1.29, 1.82) is 0 Å². The number of hydrogen-bond acceptors (Lipinski definition) is 2. The van der Waals surface area contributed by atoms with Crippen molar-refractivity contribution >= 4 is 22.9 Å². The molecule has 0 bridgehead atoms. The summed E-state index contributed by atoms with van der Waals surface area (Å²) in [7, 11) is 0. The molecular formula is C16H26N2S. The Kier molecular flexibility index (Phi) is 6.29. The predicted octanol–water partition coefficient (Wildman–Crippen LogP) is 4.03. The minimum atomic E-state index is 0.489. The quantitative estimate of drug-likeness (QED) is 0.763. The van der Waals surface area contributed by atoms with E-state index in [0.717, 1.165) is 18.5 Å². The highest BCUT2D eigenvalue weighted by molar-refractivity contribution is 7.80. The first kappa shape index (κ1) is 16.0. The van der Waals surface area contributed by atoms with Crippen molar-refractivity contribution in [2.75, 3.05) is 11.4 Å². The molecule has 3 heteroatoms. The number of nitrogens with two attached hydrogens (primary N) is 1. The summed E-state index contributed by atoms with van der Waals surface area (Å²) >= 11 is 5.21. The molecule has 0 aliphatic heterocycles. The zero-order chi connectivity index (χ0) is 14.4. The average Bonchev–Trinajstić information content (AvgIpc) is 2.39. The van der Waals surface area contributed by atoms with Gasteiger partial charge in [-0.05, 0) is 38.8 Å². The van der Waals surface area contributed by atoms with Crippen molar-refractivity contribution in [3.63, 3.8) is 0 Å². The molecule has 0 saturated heterocycles. The summed E-state index contributed by atoms with van der Waals surface area (Å²) in [5.41, 5.74) is 9.28. The Balaban J connectivity index is 3.17. The maximum atomic E-state index is 5.90. The molecule has 1 unspecified atom stereocenters. The summed E-state index contributed by atoms with van der Waals surface area (Å²) in [5, 5.41) is 0. The summed E-state index contributed by atoms with van der Waals surface area (Å²) in [6, 6.07) is 6.89. The van der Waals surface area contributed by atoms with E-state index >= 15 is 0 Å². The Morgan fingerprint density at radius 3 is 2.58 bits per heavy atom. The standard InChI is InChI=1S/C16H26N2S/c1-5-7-10-18(13(4)6-2)15-9-8-12(3)11-14(15)16(17)19/h8-9,11,13H,5-7,10H2,1-4H3,(H2,17,19). The van der Waals surface area contributed by atoms with Crippen molar-refractivity contribution in [2.24, 2.45) is 5.73 Å². The second-order valence-corrected chi connectivity index (χ2v) is 5.63. The summed E-state index contributed by atoms with van der Waals surface area (Å²) in [4.78, 5) is 2.93. The van der Waals surface area contributed by atoms with E-state index in [4.69, 9.17) is 18.0 Å². The van der Waals surface area contributed by atoms with Crippen molar-refractivity contribution in [2.45, 2.75) is 53.0 Å². The molecule has 1 atom stereocenters. The largest absolute Gasteiger partial charge is 0.389 e. The Morgan fingerprint density at radius 2 is 2.05 bits per heavy atom. The lowest BCUT2D eigenvalue weighted by Crippen LogP contribution is -2.35. The third kappa shape index (κ3) is 4.20. The van der Waals surface area contributed by atoms with Gasteiger partial charge in [0.25, 0.3) is 0 Å². The molecule has 19 heavy (non-hydrogen) atoms. The number of rotatable bonds is 7. The Morgan fingerprint density at radius 1 is 1.37 bits per heavy atom. The second kappa shape index (κ2) is 7.49. The Hall–Kier alpha value is -1.09. The smallest absolute Gasteiger partial charge is 0.106 e. The van der Waals surface area contributed by atoms with E-state index in [-0.39, 0.29) is 0 Å². The number of thiocarbonyl (C=S) groups is 1. The fraction of sp³-hybridized carbons (Fsp3) is 0.562. The van der Waals surface area contributed by atoms with Crippen molar-refractivity contribution in [3.05, 3.63) is 29.3 Å². The van der Waals surface area contributed by atoms with Crippen LogP contribution in [0.25, 0.3) is 0 Å². The van der Waals surface area contributed by atoms with Gasteiger partial charge in [0.15, 0.2) is 0 Å². The zero-order valence-electron chi connectivity index (χ0n) is 12.6. The van der Waals surface area contributed by atoms with Crippen molar-refractivity contribution in [1.82, 2.24) is 0 Å². The molecule has 0 aromatic heterocycles. The SMILES string of the molecule is CCCCN(c1ccc(C)cc1C(N)=S)C(C)CC. The van der Waals surface area contributed by atoms with Gasteiger partial charge in [-0.1, -0.05) is 44.1 Å². The number of benzene rings is 1.